The smallest absolute Gasteiger partial charge is 0.255 e. The predicted octanol–water partition coefficient (Wildman–Crippen LogP) is 1.84. The molecule has 2 N–H and O–H groups in total. The van der Waals surface area contributed by atoms with Gasteiger partial charge >= 0.3 is 0 Å². The summed E-state index contributed by atoms with van der Waals surface area (Å²) in [4.78, 5) is 53.8. The first-order valence-corrected chi connectivity index (χ1v) is 13.3. The largest absolute Gasteiger partial charge is 0.379 e. The highest BCUT2D eigenvalue weighted by atomic mass is 16.5. The van der Waals surface area contributed by atoms with Crippen molar-refractivity contribution >= 4 is 23.6 Å². The van der Waals surface area contributed by atoms with Gasteiger partial charge in [-0.1, -0.05) is 30.3 Å². The van der Waals surface area contributed by atoms with Crippen LogP contribution in [0.3, 0.4) is 0 Å². The van der Waals surface area contributed by atoms with E-state index in [9.17, 15) is 19.2 Å². The van der Waals surface area contributed by atoms with Crippen molar-refractivity contribution in [2.75, 3.05) is 26.3 Å². The van der Waals surface area contributed by atoms with E-state index in [4.69, 9.17) is 4.74 Å². The number of aryl methyl sites for hydroxylation is 1. The Kier molecular flexibility index (Phi) is 7.85. The fraction of sp³-hybridized carbons (Fsp3) is 0.448. The van der Waals surface area contributed by atoms with Gasteiger partial charge in [0.15, 0.2) is 0 Å². The Balaban J connectivity index is 1.17. The lowest BCUT2D eigenvalue weighted by molar-refractivity contribution is -0.132. The zero-order valence-electron chi connectivity index (χ0n) is 21.8. The second kappa shape index (κ2) is 11.4. The highest BCUT2D eigenvalue weighted by Gasteiger charge is 2.37. The Labute approximate surface area is 222 Å². The topological polar surface area (TPSA) is 108 Å². The van der Waals surface area contributed by atoms with Crippen LogP contribution in [-0.4, -0.2) is 65.8 Å². The molecule has 2 saturated heterocycles. The van der Waals surface area contributed by atoms with Crippen molar-refractivity contribution < 1.29 is 23.9 Å². The number of morpholine rings is 1. The van der Waals surface area contributed by atoms with Crippen LogP contribution in [0.2, 0.25) is 0 Å². The van der Waals surface area contributed by atoms with Gasteiger partial charge in [0.05, 0.1) is 19.6 Å². The van der Waals surface area contributed by atoms with Crippen molar-refractivity contribution in [3.05, 3.63) is 69.8 Å². The van der Waals surface area contributed by atoms with Crippen LogP contribution in [0.25, 0.3) is 0 Å². The Morgan fingerprint density at radius 3 is 2.68 bits per heavy atom. The Morgan fingerprint density at radius 2 is 1.87 bits per heavy atom. The van der Waals surface area contributed by atoms with Gasteiger partial charge in [0.2, 0.25) is 17.7 Å². The molecule has 0 radical (unpaired) electrons. The summed E-state index contributed by atoms with van der Waals surface area (Å²) < 4.78 is 5.44. The van der Waals surface area contributed by atoms with Crippen molar-refractivity contribution in [2.24, 2.45) is 0 Å². The van der Waals surface area contributed by atoms with E-state index in [2.05, 4.69) is 34.6 Å². The van der Waals surface area contributed by atoms with Crippen LogP contribution in [0, 0.1) is 6.92 Å². The van der Waals surface area contributed by atoms with Crippen LogP contribution in [0.1, 0.15) is 57.4 Å². The third kappa shape index (κ3) is 5.95. The monoisotopic (exact) mass is 518 g/mol. The molecule has 4 amide bonds. The number of ether oxygens (including phenoxy) is 1. The van der Waals surface area contributed by atoms with Gasteiger partial charge in [-0.25, -0.2) is 0 Å². The second-order valence-corrected chi connectivity index (χ2v) is 10.3. The molecule has 0 aromatic heterocycles. The standard InChI is InChI=1S/C29H34N4O5/c1-19-5-6-20(13-22(19)17-32-9-11-38-12-10-32)15-27(35)30-16-21-7-8-24-23(14-21)18-33(29(24)37)25-3-2-4-26(34)31-28(25)36/h5-8,13-14,25H,2-4,9-12,15-18H2,1H3,(H,30,35)(H,31,34,36)/t25-/m0/s1. The minimum Gasteiger partial charge on any atom is -0.379 e. The van der Waals surface area contributed by atoms with Crippen molar-refractivity contribution in [1.82, 2.24) is 20.4 Å². The normalized spacial score (nSPS) is 20.2. The first-order chi connectivity index (χ1) is 18.4. The predicted molar refractivity (Wildman–Crippen MR) is 140 cm³/mol. The number of fused-ring (bicyclic) bond motifs is 1. The second-order valence-electron chi connectivity index (χ2n) is 10.3. The number of carbonyl (C=O) groups is 4. The summed E-state index contributed by atoms with van der Waals surface area (Å²) >= 11 is 0. The van der Waals surface area contributed by atoms with Crippen molar-refractivity contribution in [3.8, 4) is 0 Å². The van der Waals surface area contributed by atoms with Gasteiger partial charge in [0, 0.05) is 44.7 Å². The molecule has 2 aromatic rings. The molecule has 9 heteroatoms. The molecule has 0 bridgehead atoms. The van der Waals surface area contributed by atoms with E-state index in [-0.39, 0.29) is 17.7 Å². The fourth-order valence-electron chi connectivity index (χ4n) is 5.38. The first kappa shape index (κ1) is 26.1. The minimum absolute atomic E-state index is 0.0656. The summed E-state index contributed by atoms with van der Waals surface area (Å²) in [5.41, 5.74) is 5.72. The zero-order chi connectivity index (χ0) is 26.6. The van der Waals surface area contributed by atoms with Crippen LogP contribution in [-0.2, 0) is 45.2 Å². The van der Waals surface area contributed by atoms with E-state index in [0.717, 1.165) is 49.5 Å². The Bertz CT molecular complexity index is 1250. The lowest BCUT2D eigenvalue weighted by Crippen LogP contribution is -2.46. The molecule has 5 rings (SSSR count). The van der Waals surface area contributed by atoms with Gasteiger partial charge in [-0.3, -0.25) is 29.4 Å². The van der Waals surface area contributed by atoms with Gasteiger partial charge in [0.1, 0.15) is 6.04 Å². The summed E-state index contributed by atoms with van der Waals surface area (Å²) in [5.74, 6) is -0.967. The van der Waals surface area contributed by atoms with E-state index in [1.165, 1.54) is 11.1 Å². The summed E-state index contributed by atoms with van der Waals surface area (Å²) in [6.45, 7) is 6.97. The molecule has 0 spiro atoms. The van der Waals surface area contributed by atoms with Crippen LogP contribution in [0.5, 0.6) is 0 Å². The van der Waals surface area contributed by atoms with Gasteiger partial charge in [-0.2, -0.15) is 0 Å². The molecule has 3 aliphatic rings. The number of rotatable bonds is 7. The highest BCUT2D eigenvalue weighted by molar-refractivity contribution is 6.04. The molecule has 0 saturated carbocycles. The van der Waals surface area contributed by atoms with Gasteiger partial charge in [-0.05, 0) is 53.6 Å². The molecular weight excluding hydrogens is 484 g/mol. The van der Waals surface area contributed by atoms with Gasteiger partial charge in [-0.15, -0.1) is 0 Å². The number of nitrogens with zero attached hydrogens (tertiary/aromatic N) is 2. The molecule has 9 nitrogen and oxygen atoms in total. The van der Waals surface area contributed by atoms with Gasteiger partial charge < -0.3 is 15.0 Å². The van der Waals surface area contributed by atoms with Crippen LogP contribution >= 0.6 is 0 Å². The molecule has 1 atom stereocenters. The van der Waals surface area contributed by atoms with E-state index < -0.39 is 11.9 Å². The van der Waals surface area contributed by atoms with Crippen LogP contribution in [0.15, 0.2) is 36.4 Å². The molecule has 3 heterocycles. The number of imide groups is 1. The fourth-order valence-corrected chi connectivity index (χ4v) is 5.38. The number of hydrogen-bond donors (Lipinski definition) is 2. The SMILES string of the molecule is Cc1ccc(CC(=O)NCc2ccc3c(c2)CN([C@H]2CCCC(=O)NC2=O)C3=O)cc1CN1CCOCC1. The third-order valence-corrected chi connectivity index (χ3v) is 7.59. The van der Waals surface area contributed by atoms with Crippen LogP contribution in [0.4, 0.5) is 0 Å². The average molecular weight is 519 g/mol. The molecule has 38 heavy (non-hydrogen) atoms. The molecule has 200 valence electrons. The maximum atomic E-state index is 13.0. The molecule has 2 aromatic carbocycles. The van der Waals surface area contributed by atoms with E-state index in [1.54, 1.807) is 11.0 Å². The lowest BCUT2D eigenvalue weighted by atomic mass is 10.0. The quantitative estimate of drug-likeness (QED) is 0.542. The summed E-state index contributed by atoms with van der Waals surface area (Å²) in [7, 11) is 0. The third-order valence-electron chi connectivity index (χ3n) is 7.59. The lowest BCUT2D eigenvalue weighted by Gasteiger charge is -2.27. The number of nitrogens with one attached hydrogen (secondary N) is 2. The number of amides is 4. The van der Waals surface area contributed by atoms with Crippen molar-refractivity contribution in [3.63, 3.8) is 0 Å². The van der Waals surface area contributed by atoms with E-state index in [0.29, 0.717) is 44.3 Å². The summed E-state index contributed by atoms with van der Waals surface area (Å²) in [6, 6.07) is 11.1. The maximum Gasteiger partial charge on any atom is 0.255 e. The molecule has 0 aliphatic carbocycles. The van der Waals surface area contributed by atoms with Crippen molar-refractivity contribution in [2.45, 2.75) is 58.3 Å². The number of benzene rings is 2. The van der Waals surface area contributed by atoms with Crippen molar-refractivity contribution in [1.29, 1.82) is 0 Å². The first-order valence-electron chi connectivity index (χ1n) is 13.3. The van der Waals surface area contributed by atoms with E-state index >= 15 is 0 Å². The van der Waals surface area contributed by atoms with Gasteiger partial charge in [0.25, 0.3) is 5.91 Å². The zero-order valence-corrected chi connectivity index (χ0v) is 21.8. The van der Waals surface area contributed by atoms with E-state index in [1.807, 2.05) is 18.2 Å². The number of carbonyl (C=O) groups excluding carboxylic acids is 4. The Hall–Kier alpha value is -3.56. The molecule has 3 aliphatic heterocycles. The summed E-state index contributed by atoms with van der Waals surface area (Å²) in [6.07, 6.45) is 1.62. The number of hydrogen-bond acceptors (Lipinski definition) is 6. The molecular formula is C29H34N4O5. The Morgan fingerprint density at radius 1 is 1.08 bits per heavy atom. The average Bonchev–Trinajstić information content (AvgIpc) is 3.12. The summed E-state index contributed by atoms with van der Waals surface area (Å²) in [5, 5.41) is 5.37. The molecule has 0 unspecified atom stereocenters. The maximum absolute atomic E-state index is 13.0. The highest BCUT2D eigenvalue weighted by Crippen LogP contribution is 2.28. The van der Waals surface area contributed by atoms with Crippen LogP contribution < -0.4 is 10.6 Å². The minimum atomic E-state index is -0.646. The molecule has 2 fully saturated rings.